The number of thiophene rings is 1. The van der Waals surface area contributed by atoms with Gasteiger partial charge < -0.3 is 9.84 Å². The van der Waals surface area contributed by atoms with Gasteiger partial charge in [-0.15, -0.1) is 11.3 Å². The quantitative estimate of drug-likeness (QED) is 0.794. The Balaban J connectivity index is 1.75. The molecule has 1 amide bonds. The average molecular weight is 335 g/mol. The lowest BCUT2D eigenvalue weighted by molar-refractivity contribution is -0.121. The molecule has 0 unspecified atom stereocenters. The van der Waals surface area contributed by atoms with Gasteiger partial charge in [0.15, 0.2) is 5.82 Å². The summed E-state index contributed by atoms with van der Waals surface area (Å²) < 4.78 is 5.18. The Bertz CT molecular complexity index is 648. The predicted molar refractivity (Wildman–Crippen MR) is 91.6 cm³/mol. The molecular weight excluding hydrogens is 310 g/mol. The molecule has 23 heavy (non-hydrogen) atoms. The molecule has 2 aromatic rings. The number of carbonyl (C=O) groups is 1. The van der Waals surface area contributed by atoms with Crippen LogP contribution in [0, 0.1) is 13.8 Å². The Morgan fingerprint density at radius 1 is 1.39 bits per heavy atom. The van der Waals surface area contributed by atoms with Gasteiger partial charge in [-0.25, -0.2) is 0 Å². The van der Waals surface area contributed by atoms with Crippen LogP contribution in [-0.4, -0.2) is 16.0 Å². The Morgan fingerprint density at radius 3 is 2.83 bits per heavy atom. The maximum Gasteiger partial charge on any atom is 0.226 e. The number of nitrogens with zero attached hydrogens (tertiary/aromatic N) is 2. The Hall–Kier alpha value is -1.69. The van der Waals surface area contributed by atoms with Crippen molar-refractivity contribution in [3.63, 3.8) is 0 Å². The number of rotatable bonds is 8. The number of aromatic nitrogens is 2. The second-order valence-electron chi connectivity index (χ2n) is 5.87. The summed E-state index contributed by atoms with van der Waals surface area (Å²) in [6, 6.07) is 2.20. The topological polar surface area (TPSA) is 68.0 Å². The first kappa shape index (κ1) is 17.7. The number of amides is 1. The van der Waals surface area contributed by atoms with Gasteiger partial charge in [0.25, 0.3) is 0 Å². The van der Waals surface area contributed by atoms with Gasteiger partial charge >= 0.3 is 0 Å². The normalized spacial score (nSPS) is 12.3. The van der Waals surface area contributed by atoms with E-state index in [1.165, 1.54) is 15.3 Å². The second kappa shape index (κ2) is 8.24. The first-order valence-electron chi connectivity index (χ1n) is 8.17. The predicted octanol–water partition coefficient (Wildman–Crippen LogP) is 3.90. The summed E-state index contributed by atoms with van der Waals surface area (Å²) >= 11 is 1.77. The SMILES string of the molecule is CCCc1noc(CCCC(=O)N[C@H](C)c2cc(C)sc2C)n1. The zero-order valence-electron chi connectivity index (χ0n) is 14.3. The third-order valence-electron chi connectivity index (χ3n) is 3.70. The molecule has 0 aliphatic heterocycles. The van der Waals surface area contributed by atoms with Crippen molar-refractivity contribution in [2.24, 2.45) is 0 Å². The van der Waals surface area contributed by atoms with Crippen molar-refractivity contribution in [3.8, 4) is 0 Å². The summed E-state index contributed by atoms with van der Waals surface area (Å²) in [6.45, 7) is 8.30. The van der Waals surface area contributed by atoms with Gasteiger partial charge in [-0.2, -0.15) is 4.98 Å². The molecule has 1 N–H and O–H groups in total. The maximum atomic E-state index is 12.1. The van der Waals surface area contributed by atoms with Gasteiger partial charge in [-0.05, 0) is 45.2 Å². The smallest absolute Gasteiger partial charge is 0.226 e. The molecule has 0 aliphatic rings. The highest BCUT2D eigenvalue weighted by molar-refractivity contribution is 7.12. The van der Waals surface area contributed by atoms with Crippen molar-refractivity contribution >= 4 is 17.2 Å². The van der Waals surface area contributed by atoms with E-state index in [4.69, 9.17) is 4.52 Å². The van der Waals surface area contributed by atoms with Crippen molar-refractivity contribution in [3.05, 3.63) is 33.1 Å². The van der Waals surface area contributed by atoms with E-state index in [-0.39, 0.29) is 11.9 Å². The van der Waals surface area contributed by atoms with Crippen LogP contribution >= 0.6 is 11.3 Å². The summed E-state index contributed by atoms with van der Waals surface area (Å²) in [6.07, 6.45) is 3.67. The molecule has 0 aromatic carbocycles. The first-order chi connectivity index (χ1) is 11.0. The van der Waals surface area contributed by atoms with Gasteiger partial charge in [-0.3, -0.25) is 4.79 Å². The molecular formula is C17H25N3O2S. The van der Waals surface area contributed by atoms with Gasteiger partial charge in [0, 0.05) is 29.0 Å². The molecule has 2 rings (SSSR count). The molecule has 0 spiro atoms. The molecule has 1 atom stereocenters. The van der Waals surface area contributed by atoms with Crippen LogP contribution in [0.15, 0.2) is 10.6 Å². The average Bonchev–Trinajstić information content (AvgIpc) is 3.05. The number of hydrogen-bond donors (Lipinski definition) is 1. The summed E-state index contributed by atoms with van der Waals surface area (Å²) in [4.78, 5) is 18.9. The summed E-state index contributed by atoms with van der Waals surface area (Å²) in [7, 11) is 0. The molecule has 2 aromatic heterocycles. The van der Waals surface area contributed by atoms with Crippen LogP contribution in [0.3, 0.4) is 0 Å². The summed E-state index contributed by atoms with van der Waals surface area (Å²) in [5.41, 5.74) is 1.21. The van der Waals surface area contributed by atoms with Gasteiger partial charge in [0.1, 0.15) is 0 Å². The second-order valence-corrected chi connectivity index (χ2v) is 7.33. The van der Waals surface area contributed by atoms with E-state index >= 15 is 0 Å². The van der Waals surface area contributed by atoms with E-state index in [0.29, 0.717) is 25.2 Å². The van der Waals surface area contributed by atoms with Crippen LogP contribution in [0.5, 0.6) is 0 Å². The van der Waals surface area contributed by atoms with E-state index < -0.39 is 0 Å². The molecule has 2 heterocycles. The molecule has 0 radical (unpaired) electrons. The van der Waals surface area contributed by atoms with Crippen molar-refractivity contribution in [1.29, 1.82) is 0 Å². The van der Waals surface area contributed by atoms with Gasteiger partial charge in [0.2, 0.25) is 11.8 Å². The van der Waals surface area contributed by atoms with Crippen LogP contribution in [0.4, 0.5) is 0 Å². The largest absolute Gasteiger partial charge is 0.350 e. The van der Waals surface area contributed by atoms with Crippen molar-refractivity contribution in [1.82, 2.24) is 15.5 Å². The van der Waals surface area contributed by atoms with E-state index in [1.54, 1.807) is 11.3 Å². The highest BCUT2D eigenvalue weighted by Gasteiger charge is 2.14. The van der Waals surface area contributed by atoms with Crippen LogP contribution in [0.1, 0.15) is 66.2 Å². The van der Waals surface area contributed by atoms with Crippen molar-refractivity contribution in [2.45, 2.75) is 65.8 Å². The third kappa shape index (κ3) is 5.16. The molecule has 5 nitrogen and oxygen atoms in total. The molecule has 6 heteroatoms. The standard InChI is InChI=1S/C17H25N3O2S/c1-5-7-15-19-17(22-20-15)9-6-8-16(21)18-12(3)14-10-11(2)23-13(14)4/h10,12H,5-9H2,1-4H3,(H,18,21)/t12-/m1/s1. The number of carbonyl (C=O) groups excluding carboxylic acids is 1. The fraction of sp³-hybridized carbons (Fsp3) is 0.588. The Labute approximate surface area is 141 Å². The van der Waals surface area contributed by atoms with Crippen molar-refractivity contribution < 1.29 is 9.32 Å². The monoisotopic (exact) mass is 335 g/mol. The van der Waals surface area contributed by atoms with E-state index in [9.17, 15) is 4.79 Å². The lowest BCUT2D eigenvalue weighted by Gasteiger charge is -2.13. The lowest BCUT2D eigenvalue weighted by Crippen LogP contribution is -2.26. The Kier molecular flexibility index (Phi) is 6.33. The molecule has 0 bridgehead atoms. The third-order valence-corrected chi connectivity index (χ3v) is 4.68. The first-order valence-corrected chi connectivity index (χ1v) is 8.99. The number of hydrogen-bond acceptors (Lipinski definition) is 5. The Morgan fingerprint density at radius 2 is 2.17 bits per heavy atom. The zero-order chi connectivity index (χ0) is 16.8. The number of aryl methyl sites for hydroxylation is 4. The molecule has 0 aliphatic carbocycles. The van der Waals surface area contributed by atoms with Gasteiger partial charge in [-0.1, -0.05) is 12.1 Å². The van der Waals surface area contributed by atoms with Crippen LogP contribution < -0.4 is 5.32 Å². The van der Waals surface area contributed by atoms with Crippen LogP contribution in [-0.2, 0) is 17.6 Å². The molecule has 126 valence electrons. The molecule has 0 saturated heterocycles. The summed E-state index contributed by atoms with van der Waals surface area (Å²) in [5.74, 6) is 1.44. The number of nitrogens with one attached hydrogen (secondary N) is 1. The van der Waals surface area contributed by atoms with Crippen LogP contribution in [0.2, 0.25) is 0 Å². The minimum Gasteiger partial charge on any atom is -0.350 e. The zero-order valence-corrected chi connectivity index (χ0v) is 15.1. The molecule has 0 saturated carbocycles. The van der Waals surface area contributed by atoms with Gasteiger partial charge in [0.05, 0.1) is 6.04 Å². The fourth-order valence-electron chi connectivity index (χ4n) is 2.59. The highest BCUT2D eigenvalue weighted by atomic mass is 32.1. The van der Waals surface area contributed by atoms with E-state index in [2.05, 4.69) is 42.3 Å². The minimum absolute atomic E-state index is 0.0482. The van der Waals surface area contributed by atoms with E-state index in [0.717, 1.165) is 18.7 Å². The fourth-order valence-corrected chi connectivity index (χ4v) is 3.61. The van der Waals surface area contributed by atoms with E-state index in [1.807, 2.05) is 6.92 Å². The lowest BCUT2D eigenvalue weighted by atomic mass is 10.1. The highest BCUT2D eigenvalue weighted by Crippen LogP contribution is 2.26. The molecule has 0 fully saturated rings. The maximum absolute atomic E-state index is 12.1. The minimum atomic E-state index is 0.0482. The van der Waals surface area contributed by atoms with Crippen LogP contribution in [0.25, 0.3) is 0 Å². The van der Waals surface area contributed by atoms with Crippen molar-refractivity contribution in [2.75, 3.05) is 0 Å². The summed E-state index contributed by atoms with van der Waals surface area (Å²) in [5, 5.41) is 6.98.